The smallest absolute Gasteiger partial charge is 0.387 e. The molecule has 0 radical (unpaired) electrons. The Kier molecular flexibility index (Phi) is 6.52. The van der Waals surface area contributed by atoms with Crippen LogP contribution >= 0.6 is 11.6 Å². The van der Waals surface area contributed by atoms with Gasteiger partial charge in [0.05, 0.1) is 11.1 Å². The maximum absolute atomic E-state index is 12.7. The standard InChI is InChI=1S/C19H23ClF4N2O/c1-11(18(21)22)25-13-4-6-14(7-5-13)26-8-2-3-12-9-15(20)17(10-16(12)26)27-19(23)24/h2-3,9-11,13-14,18-19,25H,4-8H2,1H3/t11-,13?,14?/m1/s1. The van der Waals surface area contributed by atoms with Crippen LogP contribution in [-0.2, 0) is 0 Å². The molecule has 1 heterocycles. The SMILES string of the molecule is C[C@@H](NC1CCC(N2CC=Cc3cc(Cl)c(OC(F)F)cc32)CC1)C(F)F. The molecule has 1 aliphatic carbocycles. The van der Waals surface area contributed by atoms with Crippen molar-refractivity contribution in [2.45, 2.75) is 63.8 Å². The number of rotatable bonds is 6. The van der Waals surface area contributed by atoms with Crippen molar-refractivity contribution >= 4 is 23.4 Å². The lowest BCUT2D eigenvalue weighted by atomic mass is 9.88. The van der Waals surface area contributed by atoms with E-state index in [9.17, 15) is 17.6 Å². The number of hydrogen-bond acceptors (Lipinski definition) is 3. The molecule has 2 aliphatic rings. The zero-order valence-corrected chi connectivity index (χ0v) is 15.7. The van der Waals surface area contributed by atoms with Gasteiger partial charge in [0.15, 0.2) is 0 Å². The highest BCUT2D eigenvalue weighted by molar-refractivity contribution is 6.32. The number of halogens is 5. The summed E-state index contributed by atoms with van der Waals surface area (Å²) in [7, 11) is 0. The van der Waals surface area contributed by atoms with Crippen LogP contribution in [0, 0.1) is 0 Å². The van der Waals surface area contributed by atoms with Gasteiger partial charge in [0, 0.05) is 30.4 Å². The lowest BCUT2D eigenvalue weighted by molar-refractivity contribution is -0.0497. The number of ether oxygens (including phenoxy) is 1. The average Bonchev–Trinajstić information content (AvgIpc) is 2.62. The Morgan fingerprint density at radius 2 is 1.85 bits per heavy atom. The molecule has 1 aliphatic heterocycles. The quantitative estimate of drug-likeness (QED) is 0.646. The van der Waals surface area contributed by atoms with E-state index in [0.717, 1.165) is 36.9 Å². The summed E-state index contributed by atoms with van der Waals surface area (Å²) < 4.78 is 55.2. The van der Waals surface area contributed by atoms with E-state index in [2.05, 4.69) is 15.0 Å². The maximum atomic E-state index is 12.7. The second-order valence-electron chi connectivity index (χ2n) is 7.07. The van der Waals surface area contributed by atoms with Crippen LogP contribution in [0.2, 0.25) is 5.02 Å². The molecule has 8 heteroatoms. The Bertz CT molecular complexity index is 678. The molecule has 0 saturated heterocycles. The van der Waals surface area contributed by atoms with Crippen LogP contribution in [0.25, 0.3) is 6.08 Å². The van der Waals surface area contributed by atoms with Crippen LogP contribution in [-0.4, -0.2) is 37.7 Å². The summed E-state index contributed by atoms with van der Waals surface area (Å²) in [5, 5.41) is 3.14. The summed E-state index contributed by atoms with van der Waals surface area (Å²) in [6.45, 7) is -0.776. The van der Waals surface area contributed by atoms with Gasteiger partial charge in [-0.3, -0.25) is 0 Å². The highest BCUT2D eigenvalue weighted by atomic mass is 35.5. The number of alkyl halides is 4. The van der Waals surface area contributed by atoms with Gasteiger partial charge >= 0.3 is 6.61 Å². The third-order valence-electron chi connectivity index (χ3n) is 5.22. The van der Waals surface area contributed by atoms with Crippen LogP contribution < -0.4 is 15.0 Å². The first-order valence-corrected chi connectivity index (χ1v) is 9.48. The summed E-state index contributed by atoms with van der Waals surface area (Å²) in [5.74, 6) is -0.0353. The van der Waals surface area contributed by atoms with Gasteiger partial charge in [0.1, 0.15) is 5.75 Å². The molecule has 0 unspecified atom stereocenters. The van der Waals surface area contributed by atoms with E-state index in [1.807, 2.05) is 12.2 Å². The summed E-state index contributed by atoms with van der Waals surface area (Å²) in [6.07, 6.45) is 4.83. The largest absolute Gasteiger partial charge is 0.433 e. The molecule has 27 heavy (non-hydrogen) atoms. The van der Waals surface area contributed by atoms with Gasteiger partial charge in [0.2, 0.25) is 0 Å². The van der Waals surface area contributed by atoms with Crippen LogP contribution in [0.4, 0.5) is 23.2 Å². The minimum Gasteiger partial charge on any atom is -0.433 e. The lowest BCUT2D eigenvalue weighted by Crippen LogP contribution is -2.46. The molecule has 0 bridgehead atoms. The summed E-state index contributed by atoms with van der Waals surface area (Å²) >= 11 is 6.05. The van der Waals surface area contributed by atoms with Crippen molar-refractivity contribution in [1.82, 2.24) is 5.32 Å². The summed E-state index contributed by atoms with van der Waals surface area (Å²) in [6, 6.07) is 2.68. The van der Waals surface area contributed by atoms with Crippen LogP contribution in [0.5, 0.6) is 5.75 Å². The number of fused-ring (bicyclic) bond motifs is 1. The third kappa shape index (κ3) is 4.88. The number of hydrogen-bond donors (Lipinski definition) is 1. The Morgan fingerprint density at radius 1 is 1.15 bits per heavy atom. The Hall–Kier alpha value is -1.47. The molecule has 3 rings (SSSR count). The fourth-order valence-corrected chi connectivity index (χ4v) is 4.08. The average molecular weight is 407 g/mol. The first-order chi connectivity index (χ1) is 12.8. The number of anilines is 1. The minimum atomic E-state index is -2.94. The first-order valence-electron chi connectivity index (χ1n) is 9.11. The fraction of sp³-hybridized carbons (Fsp3) is 0.579. The van der Waals surface area contributed by atoms with Crippen molar-refractivity contribution in [3.05, 3.63) is 28.8 Å². The van der Waals surface area contributed by atoms with Gasteiger partial charge in [-0.1, -0.05) is 23.8 Å². The predicted molar refractivity (Wildman–Crippen MR) is 99.1 cm³/mol. The van der Waals surface area contributed by atoms with Gasteiger partial charge in [0.25, 0.3) is 6.43 Å². The Morgan fingerprint density at radius 3 is 2.48 bits per heavy atom. The topological polar surface area (TPSA) is 24.5 Å². The van der Waals surface area contributed by atoms with Crippen LogP contribution in [0.15, 0.2) is 18.2 Å². The number of nitrogens with one attached hydrogen (secondary N) is 1. The molecule has 3 nitrogen and oxygen atoms in total. The molecule has 0 aromatic heterocycles. The molecule has 0 amide bonds. The van der Waals surface area contributed by atoms with E-state index in [-0.39, 0.29) is 22.9 Å². The monoisotopic (exact) mass is 406 g/mol. The fourth-order valence-electron chi connectivity index (χ4n) is 3.86. The maximum Gasteiger partial charge on any atom is 0.387 e. The van der Waals surface area contributed by atoms with E-state index in [0.29, 0.717) is 6.54 Å². The lowest BCUT2D eigenvalue weighted by Gasteiger charge is -2.40. The van der Waals surface area contributed by atoms with E-state index < -0.39 is 19.1 Å². The Balaban J connectivity index is 1.70. The number of nitrogens with zero attached hydrogens (tertiary/aromatic N) is 1. The highest BCUT2D eigenvalue weighted by Crippen LogP contribution is 2.39. The van der Waals surface area contributed by atoms with E-state index >= 15 is 0 Å². The van der Waals surface area contributed by atoms with Crippen molar-refractivity contribution in [3.63, 3.8) is 0 Å². The molecule has 1 aromatic rings. The van der Waals surface area contributed by atoms with Gasteiger partial charge in [-0.2, -0.15) is 8.78 Å². The van der Waals surface area contributed by atoms with Crippen LogP contribution in [0.3, 0.4) is 0 Å². The molecule has 0 spiro atoms. The molecule has 1 saturated carbocycles. The van der Waals surface area contributed by atoms with Crippen molar-refractivity contribution in [2.75, 3.05) is 11.4 Å². The summed E-state index contributed by atoms with van der Waals surface area (Å²) in [4.78, 5) is 2.16. The second-order valence-corrected chi connectivity index (χ2v) is 7.48. The van der Waals surface area contributed by atoms with Crippen molar-refractivity contribution in [3.8, 4) is 5.75 Å². The van der Waals surface area contributed by atoms with E-state index in [1.54, 1.807) is 12.1 Å². The molecular formula is C19H23ClF4N2O. The molecule has 1 fully saturated rings. The zero-order valence-electron chi connectivity index (χ0n) is 15.0. The molecule has 1 aromatic carbocycles. The molecule has 1 atom stereocenters. The highest BCUT2D eigenvalue weighted by Gasteiger charge is 2.30. The van der Waals surface area contributed by atoms with Gasteiger partial charge in [-0.15, -0.1) is 0 Å². The molecule has 1 N–H and O–H groups in total. The van der Waals surface area contributed by atoms with E-state index in [1.165, 1.54) is 6.92 Å². The normalized spacial score (nSPS) is 23.6. The van der Waals surface area contributed by atoms with Gasteiger partial charge < -0.3 is 15.0 Å². The zero-order chi connectivity index (χ0) is 19.6. The van der Waals surface area contributed by atoms with Gasteiger partial charge in [-0.05, 0) is 44.2 Å². The van der Waals surface area contributed by atoms with Crippen molar-refractivity contribution < 1.29 is 22.3 Å². The van der Waals surface area contributed by atoms with Crippen molar-refractivity contribution in [2.24, 2.45) is 0 Å². The first kappa shape index (κ1) is 20.3. The predicted octanol–water partition coefficient (Wildman–Crippen LogP) is 5.33. The van der Waals surface area contributed by atoms with Gasteiger partial charge in [-0.25, -0.2) is 8.78 Å². The second kappa shape index (κ2) is 8.69. The van der Waals surface area contributed by atoms with E-state index in [4.69, 9.17) is 11.6 Å². The third-order valence-corrected chi connectivity index (χ3v) is 5.52. The minimum absolute atomic E-state index is 0.0353. The summed E-state index contributed by atoms with van der Waals surface area (Å²) in [5.41, 5.74) is 1.68. The Labute approximate surface area is 161 Å². The molecule has 150 valence electrons. The van der Waals surface area contributed by atoms with Crippen LogP contribution in [0.1, 0.15) is 38.2 Å². The number of benzene rings is 1. The van der Waals surface area contributed by atoms with Crippen molar-refractivity contribution in [1.29, 1.82) is 0 Å². The molecular weight excluding hydrogens is 384 g/mol.